The molecule has 2 N–H and O–H groups in total. The summed E-state index contributed by atoms with van der Waals surface area (Å²) in [6.45, 7) is 1.84. The third-order valence-electron chi connectivity index (χ3n) is 5.25. The first-order valence-electron chi connectivity index (χ1n) is 10.4. The van der Waals surface area contributed by atoms with E-state index in [1.165, 1.54) is 53.9 Å². The summed E-state index contributed by atoms with van der Waals surface area (Å²) in [5, 5.41) is 4.72. The number of benzene rings is 3. The molecule has 0 unspecified atom stereocenters. The predicted molar refractivity (Wildman–Crippen MR) is 133 cm³/mol. The number of anilines is 2. The standard InChI is InChI=1S/C24H18FN5O3S2/c1-15-27-21-11-2-16(14-22(21)30(15)19-7-3-17(25)4-8-19)23(31)28-18-5-9-20(10-6-18)35(32,33)29-24-26-12-13-34-24/h2-14H,1H3,(H,26,29)(H,28,31). The molecule has 5 rings (SSSR count). The molecule has 11 heteroatoms. The molecule has 0 bridgehead atoms. The summed E-state index contributed by atoms with van der Waals surface area (Å²) < 4.78 is 42.6. The third-order valence-corrected chi connectivity index (χ3v) is 7.42. The Morgan fingerprint density at radius 2 is 1.77 bits per heavy atom. The summed E-state index contributed by atoms with van der Waals surface area (Å²) in [7, 11) is -3.78. The number of amides is 1. The van der Waals surface area contributed by atoms with Gasteiger partial charge in [0, 0.05) is 28.5 Å². The number of aryl methyl sites for hydroxylation is 1. The molecule has 0 spiro atoms. The van der Waals surface area contributed by atoms with Crippen molar-refractivity contribution in [3.05, 3.63) is 95.5 Å². The average Bonchev–Trinajstić information content (AvgIpc) is 3.46. The summed E-state index contributed by atoms with van der Waals surface area (Å²) in [4.78, 5) is 21.4. The normalized spacial score (nSPS) is 11.5. The molecular formula is C24H18FN5O3S2. The molecule has 0 radical (unpaired) electrons. The number of carbonyl (C=O) groups excluding carboxylic acids is 1. The fourth-order valence-corrected chi connectivity index (χ4v) is 5.41. The number of nitrogens with zero attached hydrogens (tertiary/aromatic N) is 3. The highest BCUT2D eigenvalue weighted by Crippen LogP contribution is 2.24. The number of imidazole rings is 1. The van der Waals surface area contributed by atoms with Crippen LogP contribution in [-0.2, 0) is 10.0 Å². The van der Waals surface area contributed by atoms with Crippen molar-refractivity contribution in [1.82, 2.24) is 14.5 Å². The Morgan fingerprint density at radius 1 is 1.03 bits per heavy atom. The second-order valence-corrected chi connectivity index (χ2v) is 10.2. The highest BCUT2D eigenvalue weighted by atomic mass is 32.2. The molecule has 1 amide bonds. The SMILES string of the molecule is Cc1nc2ccc(C(=O)Nc3ccc(S(=O)(=O)Nc4nccs4)cc3)cc2n1-c1ccc(F)cc1. The van der Waals surface area contributed by atoms with E-state index in [1.807, 2.05) is 11.5 Å². The zero-order chi connectivity index (χ0) is 24.6. The number of carbonyl (C=O) groups is 1. The van der Waals surface area contributed by atoms with Gasteiger partial charge < -0.3 is 5.32 Å². The molecule has 0 atom stereocenters. The monoisotopic (exact) mass is 507 g/mol. The molecule has 0 aliphatic carbocycles. The number of sulfonamides is 1. The van der Waals surface area contributed by atoms with Gasteiger partial charge in [-0.1, -0.05) is 0 Å². The Morgan fingerprint density at radius 3 is 2.46 bits per heavy atom. The Labute approximate surface area is 204 Å². The highest BCUT2D eigenvalue weighted by molar-refractivity contribution is 7.93. The molecule has 0 fully saturated rings. The minimum atomic E-state index is -3.78. The predicted octanol–water partition coefficient (Wildman–Crippen LogP) is 4.98. The highest BCUT2D eigenvalue weighted by Gasteiger charge is 2.17. The van der Waals surface area contributed by atoms with E-state index < -0.39 is 10.0 Å². The molecule has 0 aliphatic heterocycles. The number of halogens is 1. The number of fused-ring (bicyclic) bond motifs is 1. The summed E-state index contributed by atoms with van der Waals surface area (Å²) in [6, 6.07) is 17.0. The third kappa shape index (κ3) is 4.63. The van der Waals surface area contributed by atoms with Gasteiger partial charge in [0.25, 0.3) is 15.9 Å². The maximum absolute atomic E-state index is 13.4. The lowest BCUT2D eigenvalue weighted by Crippen LogP contribution is -2.14. The molecular weight excluding hydrogens is 489 g/mol. The van der Waals surface area contributed by atoms with Crippen molar-refractivity contribution in [1.29, 1.82) is 0 Å². The maximum atomic E-state index is 13.4. The second kappa shape index (κ2) is 8.93. The van der Waals surface area contributed by atoms with Crippen LogP contribution in [-0.4, -0.2) is 28.9 Å². The number of rotatable bonds is 6. The van der Waals surface area contributed by atoms with Gasteiger partial charge >= 0.3 is 0 Å². The quantitative estimate of drug-likeness (QED) is 0.337. The molecule has 176 valence electrons. The van der Waals surface area contributed by atoms with Crippen molar-refractivity contribution in [3.63, 3.8) is 0 Å². The lowest BCUT2D eigenvalue weighted by Gasteiger charge is -2.09. The number of nitrogens with one attached hydrogen (secondary N) is 2. The van der Waals surface area contributed by atoms with Gasteiger partial charge in [-0.05, 0) is 73.7 Å². The van der Waals surface area contributed by atoms with Crippen LogP contribution in [0.25, 0.3) is 16.7 Å². The van der Waals surface area contributed by atoms with Crippen molar-refractivity contribution >= 4 is 49.1 Å². The molecule has 5 aromatic rings. The van der Waals surface area contributed by atoms with Crippen LogP contribution in [0, 0.1) is 12.7 Å². The largest absolute Gasteiger partial charge is 0.322 e. The van der Waals surface area contributed by atoms with Crippen LogP contribution in [0.2, 0.25) is 0 Å². The van der Waals surface area contributed by atoms with Crippen LogP contribution in [0.15, 0.2) is 83.2 Å². The molecule has 0 saturated heterocycles. The van der Waals surface area contributed by atoms with E-state index in [2.05, 4.69) is 20.0 Å². The Balaban J connectivity index is 1.38. The number of hydrogen-bond acceptors (Lipinski definition) is 6. The van der Waals surface area contributed by atoms with Crippen LogP contribution in [0.1, 0.15) is 16.2 Å². The summed E-state index contributed by atoms with van der Waals surface area (Å²) in [5.41, 5.74) is 2.96. The van der Waals surface area contributed by atoms with Gasteiger partial charge in [0.15, 0.2) is 5.13 Å². The van der Waals surface area contributed by atoms with E-state index in [9.17, 15) is 17.6 Å². The molecule has 0 saturated carbocycles. The zero-order valence-corrected chi connectivity index (χ0v) is 19.9. The first-order valence-corrected chi connectivity index (χ1v) is 12.8. The number of hydrogen-bond donors (Lipinski definition) is 2. The Hall–Kier alpha value is -4.09. The van der Waals surface area contributed by atoms with E-state index >= 15 is 0 Å². The Bertz CT molecular complexity index is 1630. The van der Waals surface area contributed by atoms with E-state index in [4.69, 9.17) is 0 Å². The van der Waals surface area contributed by atoms with Crippen LogP contribution in [0.4, 0.5) is 15.2 Å². The number of aromatic nitrogens is 3. The van der Waals surface area contributed by atoms with Gasteiger partial charge in [0.1, 0.15) is 11.6 Å². The molecule has 3 aromatic carbocycles. The van der Waals surface area contributed by atoms with Crippen molar-refractivity contribution in [2.75, 3.05) is 10.0 Å². The molecule has 8 nitrogen and oxygen atoms in total. The first-order chi connectivity index (χ1) is 16.8. The van der Waals surface area contributed by atoms with Crippen LogP contribution in [0.3, 0.4) is 0 Å². The molecule has 2 heterocycles. The van der Waals surface area contributed by atoms with E-state index in [-0.39, 0.29) is 21.8 Å². The van der Waals surface area contributed by atoms with Crippen molar-refractivity contribution in [2.24, 2.45) is 0 Å². The van der Waals surface area contributed by atoms with Crippen molar-refractivity contribution in [2.45, 2.75) is 11.8 Å². The number of thiazole rings is 1. The fraction of sp³-hybridized carbons (Fsp3) is 0.0417. The first kappa shape index (κ1) is 22.7. The summed E-state index contributed by atoms with van der Waals surface area (Å²) >= 11 is 1.17. The van der Waals surface area contributed by atoms with E-state index in [0.29, 0.717) is 28.1 Å². The minimum absolute atomic E-state index is 0.0470. The van der Waals surface area contributed by atoms with Gasteiger partial charge in [-0.2, -0.15) is 0 Å². The molecule has 2 aromatic heterocycles. The fourth-order valence-electron chi connectivity index (χ4n) is 3.62. The van der Waals surface area contributed by atoms with Crippen LogP contribution in [0.5, 0.6) is 0 Å². The lowest BCUT2D eigenvalue weighted by atomic mass is 10.1. The minimum Gasteiger partial charge on any atom is -0.322 e. The van der Waals surface area contributed by atoms with Crippen molar-refractivity contribution < 1.29 is 17.6 Å². The van der Waals surface area contributed by atoms with Gasteiger partial charge in [0.2, 0.25) is 0 Å². The van der Waals surface area contributed by atoms with Gasteiger partial charge in [-0.3, -0.25) is 14.1 Å². The summed E-state index contributed by atoms with van der Waals surface area (Å²) in [6.07, 6.45) is 1.51. The smallest absolute Gasteiger partial charge is 0.263 e. The van der Waals surface area contributed by atoms with Crippen LogP contribution < -0.4 is 10.0 Å². The van der Waals surface area contributed by atoms with Gasteiger partial charge in [-0.15, -0.1) is 11.3 Å². The van der Waals surface area contributed by atoms with Crippen LogP contribution >= 0.6 is 11.3 Å². The van der Waals surface area contributed by atoms with Gasteiger partial charge in [-0.25, -0.2) is 22.8 Å². The maximum Gasteiger partial charge on any atom is 0.263 e. The topological polar surface area (TPSA) is 106 Å². The van der Waals surface area contributed by atoms with Crippen molar-refractivity contribution in [3.8, 4) is 5.69 Å². The van der Waals surface area contributed by atoms with E-state index in [1.54, 1.807) is 35.7 Å². The van der Waals surface area contributed by atoms with Gasteiger partial charge in [0.05, 0.1) is 15.9 Å². The summed E-state index contributed by atoms with van der Waals surface area (Å²) in [5.74, 6) is -0.00562. The van der Waals surface area contributed by atoms with E-state index in [0.717, 1.165) is 5.69 Å². The average molecular weight is 508 g/mol. The lowest BCUT2D eigenvalue weighted by molar-refractivity contribution is 0.102. The zero-order valence-electron chi connectivity index (χ0n) is 18.3. The molecule has 35 heavy (non-hydrogen) atoms. The molecule has 0 aliphatic rings. The second-order valence-electron chi connectivity index (χ2n) is 7.60. The Kier molecular flexibility index (Phi) is 5.79.